The van der Waals surface area contributed by atoms with Crippen molar-refractivity contribution < 1.29 is 0 Å². The summed E-state index contributed by atoms with van der Waals surface area (Å²) in [7, 11) is 0. The van der Waals surface area contributed by atoms with Crippen molar-refractivity contribution in [2.24, 2.45) is 0 Å². The molecule has 0 saturated carbocycles. The standard InChI is InChI=1S/C48H30N2SSe/c1-2-10-33(11-3-1)50-43-15-7-4-12-37(43)41-29-35(24-26-44(41)50)49(36-23-25-39-38-13-5-8-16-45(38)51-46(39)30-36)34-21-18-31(19-22-34)32-20-27-48-42(28-32)40-14-6-9-17-47(40)52-48/h1-30H. The molecule has 0 amide bonds. The van der Waals surface area contributed by atoms with Gasteiger partial charge in [-0.1, -0.05) is 54.6 Å². The Bertz CT molecular complexity index is 3130. The number of anilines is 3. The van der Waals surface area contributed by atoms with E-state index in [0.29, 0.717) is 14.5 Å². The zero-order chi connectivity index (χ0) is 34.2. The molecule has 244 valence electrons. The van der Waals surface area contributed by atoms with Crippen molar-refractivity contribution in [3.05, 3.63) is 182 Å². The van der Waals surface area contributed by atoms with Crippen LogP contribution in [-0.2, 0) is 0 Å². The second-order valence-electron chi connectivity index (χ2n) is 13.4. The van der Waals surface area contributed by atoms with Gasteiger partial charge in [-0.25, -0.2) is 0 Å². The quantitative estimate of drug-likeness (QED) is 0.159. The third-order valence-electron chi connectivity index (χ3n) is 10.4. The summed E-state index contributed by atoms with van der Waals surface area (Å²) in [6.45, 7) is 0. The van der Waals surface area contributed by atoms with Gasteiger partial charge in [-0.3, -0.25) is 0 Å². The van der Waals surface area contributed by atoms with Crippen molar-refractivity contribution in [2.45, 2.75) is 0 Å². The average molecular weight is 746 g/mol. The van der Waals surface area contributed by atoms with Crippen LogP contribution in [0.1, 0.15) is 0 Å². The molecule has 0 unspecified atom stereocenters. The van der Waals surface area contributed by atoms with Gasteiger partial charge in [-0.05, 0) is 24.3 Å². The van der Waals surface area contributed by atoms with Gasteiger partial charge in [0.15, 0.2) is 0 Å². The van der Waals surface area contributed by atoms with Gasteiger partial charge in [-0.15, -0.1) is 11.3 Å². The molecule has 0 atom stereocenters. The van der Waals surface area contributed by atoms with Crippen molar-refractivity contribution in [3.8, 4) is 16.8 Å². The molecule has 8 aromatic carbocycles. The van der Waals surface area contributed by atoms with E-state index in [9.17, 15) is 0 Å². The summed E-state index contributed by atoms with van der Waals surface area (Å²) in [6, 6.07) is 67.1. The number of hydrogen-bond donors (Lipinski definition) is 0. The van der Waals surface area contributed by atoms with Gasteiger partial charge in [0, 0.05) is 26.5 Å². The van der Waals surface area contributed by atoms with E-state index >= 15 is 0 Å². The number of rotatable bonds is 5. The molecule has 11 aromatic rings. The van der Waals surface area contributed by atoms with Crippen LogP contribution in [0.5, 0.6) is 0 Å². The first kappa shape index (κ1) is 29.8. The molecule has 0 aliphatic heterocycles. The third kappa shape index (κ3) is 4.69. The SMILES string of the molecule is c1ccc(-n2c3ccccc3c3cc(N(c4ccc(-c5ccc6[se]c7ccccc7c6c5)cc4)c4ccc5c(c4)sc4ccccc45)ccc32)cc1. The van der Waals surface area contributed by atoms with E-state index in [1.165, 1.54) is 78.1 Å². The Morgan fingerprint density at radius 3 is 1.90 bits per heavy atom. The molecule has 4 heteroatoms. The van der Waals surface area contributed by atoms with Crippen molar-refractivity contribution in [1.82, 2.24) is 4.57 Å². The van der Waals surface area contributed by atoms with Crippen molar-refractivity contribution in [3.63, 3.8) is 0 Å². The minimum atomic E-state index is 0.374. The molecular formula is C48H30N2SSe. The van der Waals surface area contributed by atoms with Crippen LogP contribution in [0.3, 0.4) is 0 Å². The van der Waals surface area contributed by atoms with Gasteiger partial charge < -0.3 is 4.57 Å². The molecule has 3 aromatic heterocycles. The van der Waals surface area contributed by atoms with Gasteiger partial charge in [0.2, 0.25) is 0 Å². The van der Waals surface area contributed by atoms with Crippen LogP contribution < -0.4 is 4.90 Å². The molecule has 11 rings (SSSR count). The topological polar surface area (TPSA) is 8.17 Å². The summed E-state index contributed by atoms with van der Waals surface area (Å²) in [6.07, 6.45) is 0. The minimum Gasteiger partial charge on any atom is -0.0602 e. The molecule has 0 bridgehead atoms. The normalized spacial score (nSPS) is 11.8. The predicted molar refractivity (Wildman–Crippen MR) is 226 cm³/mol. The van der Waals surface area contributed by atoms with Crippen LogP contribution in [-0.4, -0.2) is 19.1 Å². The first-order valence-corrected chi connectivity index (χ1v) is 20.1. The Hall–Kier alpha value is -5.90. The smallest absolute Gasteiger partial charge is 0.0602 e. The molecule has 0 N–H and O–H groups in total. The summed E-state index contributed by atoms with van der Waals surface area (Å²) in [5.41, 5.74) is 9.47. The molecule has 0 saturated heterocycles. The Balaban J connectivity index is 1.08. The number of nitrogens with zero attached hydrogens (tertiary/aromatic N) is 2. The van der Waals surface area contributed by atoms with E-state index in [2.05, 4.69) is 191 Å². The molecule has 0 fully saturated rings. The monoisotopic (exact) mass is 746 g/mol. The van der Waals surface area contributed by atoms with E-state index in [1.54, 1.807) is 0 Å². The van der Waals surface area contributed by atoms with Crippen LogP contribution in [0.15, 0.2) is 182 Å². The summed E-state index contributed by atoms with van der Waals surface area (Å²) in [4.78, 5) is 2.42. The molecule has 3 heterocycles. The Morgan fingerprint density at radius 2 is 1.02 bits per heavy atom. The fraction of sp³-hybridized carbons (Fsp3) is 0. The summed E-state index contributed by atoms with van der Waals surface area (Å²) < 4.78 is 7.95. The summed E-state index contributed by atoms with van der Waals surface area (Å²) in [5.74, 6) is 0. The average Bonchev–Trinajstić information content (AvgIpc) is 3.87. The molecule has 0 spiro atoms. The molecule has 0 aliphatic rings. The first-order valence-electron chi connectivity index (χ1n) is 17.6. The van der Waals surface area contributed by atoms with Gasteiger partial charge in [0.25, 0.3) is 0 Å². The van der Waals surface area contributed by atoms with Crippen molar-refractivity contribution >= 4 is 104 Å². The molecular weight excluding hydrogens is 716 g/mol. The van der Waals surface area contributed by atoms with Crippen LogP contribution in [0.4, 0.5) is 17.1 Å². The fourth-order valence-corrected chi connectivity index (χ4v) is 11.4. The molecule has 0 aliphatic carbocycles. The van der Waals surface area contributed by atoms with E-state index in [0.717, 1.165) is 17.1 Å². The van der Waals surface area contributed by atoms with Crippen LogP contribution >= 0.6 is 11.3 Å². The number of thiophene rings is 1. The number of hydrogen-bond acceptors (Lipinski definition) is 2. The number of benzene rings is 8. The van der Waals surface area contributed by atoms with Gasteiger partial charge in [-0.2, -0.15) is 0 Å². The van der Waals surface area contributed by atoms with E-state index < -0.39 is 0 Å². The van der Waals surface area contributed by atoms with Crippen LogP contribution in [0, 0.1) is 0 Å². The fourth-order valence-electron chi connectivity index (χ4n) is 7.96. The summed E-state index contributed by atoms with van der Waals surface area (Å²) >= 11 is 2.24. The van der Waals surface area contributed by atoms with Gasteiger partial charge >= 0.3 is 180 Å². The second kappa shape index (κ2) is 11.8. The van der Waals surface area contributed by atoms with E-state index in [1.807, 2.05) is 11.3 Å². The Morgan fingerprint density at radius 1 is 0.385 bits per heavy atom. The van der Waals surface area contributed by atoms with Gasteiger partial charge in [0.1, 0.15) is 0 Å². The molecule has 2 nitrogen and oxygen atoms in total. The number of fused-ring (bicyclic) bond motifs is 9. The Labute approximate surface area is 310 Å². The van der Waals surface area contributed by atoms with Crippen LogP contribution in [0.25, 0.3) is 78.1 Å². The summed E-state index contributed by atoms with van der Waals surface area (Å²) in [5, 5.41) is 7.89. The van der Waals surface area contributed by atoms with E-state index in [4.69, 9.17) is 0 Å². The molecule has 52 heavy (non-hydrogen) atoms. The predicted octanol–water partition coefficient (Wildman–Crippen LogP) is 13.7. The van der Waals surface area contributed by atoms with Crippen LogP contribution in [0.2, 0.25) is 0 Å². The Kier molecular flexibility index (Phi) is 6.78. The number of aromatic nitrogens is 1. The molecule has 0 radical (unpaired) electrons. The zero-order valence-electron chi connectivity index (χ0n) is 28.0. The maximum atomic E-state index is 2.42. The number of para-hydroxylation sites is 2. The van der Waals surface area contributed by atoms with E-state index in [-0.39, 0.29) is 0 Å². The van der Waals surface area contributed by atoms with Crippen molar-refractivity contribution in [2.75, 3.05) is 4.90 Å². The first-order chi connectivity index (χ1) is 25.8. The maximum absolute atomic E-state index is 2.42. The van der Waals surface area contributed by atoms with Crippen molar-refractivity contribution in [1.29, 1.82) is 0 Å². The zero-order valence-corrected chi connectivity index (χ0v) is 30.6. The minimum absolute atomic E-state index is 0.374. The van der Waals surface area contributed by atoms with Gasteiger partial charge in [0.05, 0.1) is 11.0 Å². The third-order valence-corrected chi connectivity index (χ3v) is 13.9. The second-order valence-corrected chi connectivity index (χ2v) is 16.7.